The van der Waals surface area contributed by atoms with E-state index in [0.29, 0.717) is 0 Å². The Balaban J connectivity index is 2.12. The lowest BCUT2D eigenvalue weighted by molar-refractivity contribution is 0.388. The highest BCUT2D eigenvalue weighted by Crippen LogP contribution is 2.27. The van der Waals surface area contributed by atoms with E-state index < -0.39 is 0 Å². The molecule has 0 aromatic heterocycles. The third-order valence-corrected chi connectivity index (χ3v) is 3.17. The van der Waals surface area contributed by atoms with Crippen molar-refractivity contribution in [2.75, 3.05) is 27.3 Å². The summed E-state index contributed by atoms with van der Waals surface area (Å²) in [5.41, 5.74) is 1.28. The molecule has 1 aromatic carbocycles. The SMILES string of the molecule is COc1ccc(CC2CCNC2)c(OC)c1. The van der Waals surface area contributed by atoms with E-state index in [0.717, 1.165) is 36.9 Å². The molecule has 16 heavy (non-hydrogen) atoms. The van der Waals surface area contributed by atoms with E-state index in [4.69, 9.17) is 9.47 Å². The minimum absolute atomic E-state index is 0.738. The molecule has 1 atom stereocenters. The van der Waals surface area contributed by atoms with Crippen LogP contribution in [-0.2, 0) is 6.42 Å². The fraction of sp³-hybridized carbons (Fsp3) is 0.538. The van der Waals surface area contributed by atoms with Crippen molar-refractivity contribution < 1.29 is 9.47 Å². The van der Waals surface area contributed by atoms with E-state index in [-0.39, 0.29) is 0 Å². The Bertz CT molecular complexity index is 346. The highest BCUT2D eigenvalue weighted by molar-refractivity contribution is 5.41. The molecule has 0 radical (unpaired) electrons. The molecule has 1 unspecified atom stereocenters. The van der Waals surface area contributed by atoms with Gasteiger partial charge in [0.25, 0.3) is 0 Å². The summed E-state index contributed by atoms with van der Waals surface area (Å²) in [4.78, 5) is 0. The molecule has 3 heteroatoms. The topological polar surface area (TPSA) is 30.5 Å². The predicted molar refractivity (Wildman–Crippen MR) is 64.2 cm³/mol. The van der Waals surface area contributed by atoms with Crippen molar-refractivity contribution >= 4 is 0 Å². The molecular weight excluding hydrogens is 202 g/mol. The second kappa shape index (κ2) is 5.21. The number of hydrogen-bond donors (Lipinski definition) is 1. The van der Waals surface area contributed by atoms with Crippen LogP contribution < -0.4 is 14.8 Å². The molecule has 0 bridgehead atoms. The lowest BCUT2D eigenvalue weighted by atomic mass is 9.98. The van der Waals surface area contributed by atoms with Crippen molar-refractivity contribution in [3.63, 3.8) is 0 Å². The Morgan fingerprint density at radius 1 is 1.31 bits per heavy atom. The van der Waals surface area contributed by atoms with E-state index >= 15 is 0 Å². The van der Waals surface area contributed by atoms with Crippen LogP contribution in [0.3, 0.4) is 0 Å². The molecule has 1 aromatic rings. The van der Waals surface area contributed by atoms with Crippen LogP contribution in [0.4, 0.5) is 0 Å². The molecule has 1 aliphatic heterocycles. The van der Waals surface area contributed by atoms with Gasteiger partial charge in [-0.25, -0.2) is 0 Å². The number of benzene rings is 1. The van der Waals surface area contributed by atoms with Gasteiger partial charge in [0, 0.05) is 6.07 Å². The fourth-order valence-corrected chi connectivity index (χ4v) is 2.22. The molecule has 3 nitrogen and oxygen atoms in total. The smallest absolute Gasteiger partial charge is 0.125 e. The Morgan fingerprint density at radius 3 is 2.81 bits per heavy atom. The summed E-state index contributed by atoms with van der Waals surface area (Å²) in [5.74, 6) is 2.53. The van der Waals surface area contributed by atoms with Gasteiger partial charge < -0.3 is 14.8 Å². The van der Waals surface area contributed by atoms with Crippen molar-refractivity contribution in [2.45, 2.75) is 12.8 Å². The highest BCUT2D eigenvalue weighted by Gasteiger charge is 2.17. The molecule has 0 aliphatic carbocycles. The maximum atomic E-state index is 5.40. The third kappa shape index (κ3) is 2.47. The number of ether oxygens (including phenoxy) is 2. The molecular formula is C13H19NO2. The normalized spacial score (nSPS) is 19.8. The molecule has 1 heterocycles. The fourth-order valence-electron chi connectivity index (χ4n) is 2.22. The van der Waals surface area contributed by atoms with Crippen molar-refractivity contribution in [3.05, 3.63) is 23.8 Å². The van der Waals surface area contributed by atoms with Gasteiger partial charge in [0.1, 0.15) is 11.5 Å². The molecule has 1 aliphatic rings. The molecule has 2 rings (SSSR count). The molecule has 1 fully saturated rings. The second-order valence-electron chi connectivity index (χ2n) is 4.24. The van der Waals surface area contributed by atoms with Gasteiger partial charge in [-0.3, -0.25) is 0 Å². The third-order valence-electron chi connectivity index (χ3n) is 3.17. The monoisotopic (exact) mass is 221 g/mol. The van der Waals surface area contributed by atoms with Gasteiger partial charge in [0.15, 0.2) is 0 Å². The van der Waals surface area contributed by atoms with Gasteiger partial charge in [-0.1, -0.05) is 6.07 Å². The van der Waals surface area contributed by atoms with Crippen LogP contribution in [0.25, 0.3) is 0 Å². The largest absolute Gasteiger partial charge is 0.497 e. The molecule has 0 spiro atoms. The van der Waals surface area contributed by atoms with Gasteiger partial charge in [-0.15, -0.1) is 0 Å². The first-order chi connectivity index (χ1) is 7.83. The van der Waals surface area contributed by atoms with Crippen LogP contribution in [0, 0.1) is 5.92 Å². The molecule has 0 amide bonds. The molecule has 0 saturated carbocycles. The van der Waals surface area contributed by atoms with Gasteiger partial charge in [-0.2, -0.15) is 0 Å². The molecule has 88 valence electrons. The molecule has 1 N–H and O–H groups in total. The Hall–Kier alpha value is -1.22. The van der Waals surface area contributed by atoms with Crippen molar-refractivity contribution in [2.24, 2.45) is 5.92 Å². The Morgan fingerprint density at radius 2 is 2.19 bits per heavy atom. The predicted octanol–water partition coefficient (Wildman–Crippen LogP) is 1.86. The minimum Gasteiger partial charge on any atom is -0.497 e. The first kappa shape index (κ1) is 11.3. The van der Waals surface area contributed by atoms with E-state index in [1.807, 2.05) is 12.1 Å². The lowest BCUT2D eigenvalue weighted by Gasteiger charge is -2.13. The van der Waals surface area contributed by atoms with Crippen LogP contribution in [0.2, 0.25) is 0 Å². The maximum Gasteiger partial charge on any atom is 0.125 e. The number of methoxy groups -OCH3 is 2. The number of nitrogens with one attached hydrogen (secondary N) is 1. The second-order valence-corrected chi connectivity index (χ2v) is 4.24. The lowest BCUT2D eigenvalue weighted by Crippen LogP contribution is -2.11. The Labute approximate surface area is 96.8 Å². The zero-order valence-electron chi connectivity index (χ0n) is 9.95. The van der Waals surface area contributed by atoms with Crippen molar-refractivity contribution in [1.29, 1.82) is 0 Å². The first-order valence-corrected chi connectivity index (χ1v) is 5.75. The van der Waals surface area contributed by atoms with Crippen LogP contribution in [0.1, 0.15) is 12.0 Å². The maximum absolute atomic E-state index is 5.40. The summed E-state index contributed by atoms with van der Waals surface area (Å²) >= 11 is 0. The quantitative estimate of drug-likeness (QED) is 0.841. The van der Waals surface area contributed by atoms with Crippen LogP contribution >= 0.6 is 0 Å². The summed E-state index contributed by atoms with van der Waals surface area (Å²) in [6, 6.07) is 6.06. The van der Waals surface area contributed by atoms with E-state index in [9.17, 15) is 0 Å². The van der Waals surface area contributed by atoms with E-state index in [1.165, 1.54) is 12.0 Å². The number of rotatable bonds is 4. The van der Waals surface area contributed by atoms with E-state index in [1.54, 1.807) is 14.2 Å². The highest BCUT2D eigenvalue weighted by atomic mass is 16.5. The molecule has 1 saturated heterocycles. The Kier molecular flexibility index (Phi) is 3.67. The summed E-state index contributed by atoms with van der Waals surface area (Å²) in [6.45, 7) is 2.26. The van der Waals surface area contributed by atoms with Crippen molar-refractivity contribution in [1.82, 2.24) is 5.32 Å². The standard InChI is InChI=1S/C13H19NO2/c1-15-12-4-3-11(13(8-12)16-2)7-10-5-6-14-9-10/h3-4,8,10,14H,5-7,9H2,1-2H3. The average molecular weight is 221 g/mol. The van der Waals surface area contributed by atoms with Crippen LogP contribution in [0.15, 0.2) is 18.2 Å². The summed E-state index contributed by atoms with van der Waals surface area (Å²) in [7, 11) is 3.39. The van der Waals surface area contributed by atoms with E-state index in [2.05, 4.69) is 11.4 Å². The van der Waals surface area contributed by atoms with Crippen LogP contribution in [-0.4, -0.2) is 27.3 Å². The van der Waals surface area contributed by atoms with Gasteiger partial charge in [0.05, 0.1) is 14.2 Å². The van der Waals surface area contributed by atoms with Gasteiger partial charge >= 0.3 is 0 Å². The summed E-state index contributed by atoms with van der Waals surface area (Å²) in [6.07, 6.45) is 2.34. The van der Waals surface area contributed by atoms with Crippen LogP contribution in [0.5, 0.6) is 11.5 Å². The van der Waals surface area contributed by atoms with Gasteiger partial charge in [0.2, 0.25) is 0 Å². The van der Waals surface area contributed by atoms with Crippen molar-refractivity contribution in [3.8, 4) is 11.5 Å². The van der Waals surface area contributed by atoms with Gasteiger partial charge in [-0.05, 0) is 43.5 Å². The minimum atomic E-state index is 0.738. The first-order valence-electron chi connectivity index (χ1n) is 5.75. The summed E-state index contributed by atoms with van der Waals surface area (Å²) < 4.78 is 10.6. The average Bonchev–Trinajstić information content (AvgIpc) is 2.82. The zero-order valence-corrected chi connectivity index (χ0v) is 9.95. The zero-order chi connectivity index (χ0) is 11.4. The summed E-state index contributed by atoms with van der Waals surface area (Å²) in [5, 5.41) is 3.39. The number of hydrogen-bond acceptors (Lipinski definition) is 3.